The molecule has 1 fully saturated rings. The third kappa shape index (κ3) is 3.95. The van der Waals surface area contributed by atoms with Gasteiger partial charge in [0.2, 0.25) is 0 Å². The molecule has 29 heavy (non-hydrogen) atoms. The number of fused-ring (bicyclic) bond motifs is 1. The number of rotatable bonds is 4. The molecule has 0 atom stereocenters. The highest BCUT2D eigenvalue weighted by molar-refractivity contribution is 14.1. The van der Waals surface area contributed by atoms with Crippen LogP contribution in [0.5, 0.6) is 0 Å². The number of aromatic nitrogens is 2. The minimum absolute atomic E-state index is 0.894. The Balaban J connectivity index is 1.82. The number of piperidine rings is 1. The van der Waals surface area contributed by atoms with E-state index < -0.39 is 0 Å². The van der Waals surface area contributed by atoms with Crippen LogP contribution in [0.25, 0.3) is 16.7 Å². The Morgan fingerprint density at radius 1 is 1.03 bits per heavy atom. The molecular formula is C24H31BIN3. The van der Waals surface area contributed by atoms with Gasteiger partial charge >= 0.3 is 0 Å². The van der Waals surface area contributed by atoms with Gasteiger partial charge in [0, 0.05) is 36.1 Å². The highest BCUT2D eigenvalue weighted by atomic mass is 127. The summed E-state index contributed by atoms with van der Waals surface area (Å²) in [7, 11) is 2.17. The van der Waals surface area contributed by atoms with Gasteiger partial charge in [-0.2, -0.15) is 0 Å². The monoisotopic (exact) mass is 499 g/mol. The van der Waals surface area contributed by atoms with Crippen molar-refractivity contribution >= 4 is 52.6 Å². The molecule has 0 amide bonds. The van der Waals surface area contributed by atoms with Crippen LogP contribution in [-0.2, 0) is 0 Å². The number of nitrogens with zero attached hydrogens (tertiary/aromatic N) is 3. The third-order valence-corrected chi connectivity index (χ3v) is 7.02. The van der Waals surface area contributed by atoms with Crippen LogP contribution >= 0.6 is 22.6 Å². The zero-order valence-electron chi connectivity index (χ0n) is 18.3. The number of alkyl halides is 1. The van der Waals surface area contributed by atoms with E-state index in [-0.39, 0.29) is 0 Å². The van der Waals surface area contributed by atoms with Gasteiger partial charge in [0.25, 0.3) is 0 Å². The van der Waals surface area contributed by atoms with E-state index in [1.54, 1.807) is 0 Å². The van der Waals surface area contributed by atoms with Gasteiger partial charge in [-0.05, 0) is 80.1 Å². The average molecular weight is 499 g/mol. The second-order valence-electron chi connectivity index (χ2n) is 8.82. The maximum Gasteiger partial charge on any atom is 0.147 e. The molecule has 3 heterocycles. The Hall–Kier alpha value is -1.50. The predicted octanol–water partition coefficient (Wildman–Crippen LogP) is 4.56. The van der Waals surface area contributed by atoms with E-state index in [1.165, 1.54) is 62.6 Å². The van der Waals surface area contributed by atoms with Crippen molar-refractivity contribution in [2.45, 2.75) is 47.0 Å². The molecule has 152 valence electrons. The largest absolute Gasteiger partial charge is 0.371 e. The number of hydrogen-bond acceptors (Lipinski definition) is 2. The molecule has 1 saturated heterocycles. The van der Waals surface area contributed by atoms with E-state index in [0.29, 0.717) is 0 Å². The first kappa shape index (κ1) is 20.8. The third-order valence-electron chi connectivity index (χ3n) is 6.40. The Bertz CT molecular complexity index is 1020. The molecule has 0 aliphatic carbocycles. The molecule has 1 aliphatic rings. The summed E-state index contributed by atoms with van der Waals surface area (Å²) in [5.74, 6) is 0.894. The lowest BCUT2D eigenvalue weighted by molar-refractivity contribution is 0.399. The topological polar surface area (TPSA) is 21.1 Å². The van der Waals surface area contributed by atoms with Gasteiger partial charge < -0.3 is 9.47 Å². The van der Waals surface area contributed by atoms with Crippen LogP contribution in [0.4, 0.5) is 5.69 Å². The van der Waals surface area contributed by atoms with Gasteiger partial charge in [0.1, 0.15) is 13.5 Å². The maximum absolute atomic E-state index is 5.01. The summed E-state index contributed by atoms with van der Waals surface area (Å²) < 4.78 is 3.60. The van der Waals surface area contributed by atoms with Crippen molar-refractivity contribution in [2.24, 2.45) is 5.92 Å². The number of hydrogen-bond donors (Lipinski definition) is 0. The maximum atomic E-state index is 5.01. The number of halogens is 1. The summed E-state index contributed by atoms with van der Waals surface area (Å²) in [6.45, 7) is 11.1. The summed E-state index contributed by atoms with van der Waals surface area (Å²) in [4.78, 5) is 7.62. The first-order valence-electron chi connectivity index (χ1n) is 10.8. The molecule has 1 aromatic carbocycles. The fourth-order valence-corrected chi connectivity index (χ4v) is 5.98. The van der Waals surface area contributed by atoms with E-state index in [4.69, 9.17) is 4.98 Å². The summed E-state index contributed by atoms with van der Waals surface area (Å²) >= 11 is 2.52. The van der Waals surface area contributed by atoms with Crippen LogP contribution in [0.1, 0.15) is 41.6 Å². The Labute approximate surface area is 189 Å². The van der Waals surface area contributed by atoms with Crippen molar-refractivity contribution in [1.29, 1.82) is 0 Å². The van der Waals surface area contributed by atoms with Gasteiger partial charge in [-0.15, -0.1) is 0 Å². The zero-order chi connectivity index (χ0) is 20.7. The molecule has 0 unspecified atom stereocenters. The number of benzene rings is 1. The quantitative estimate of drug-likeness (QED) is 0.298. The molecular weight excluding hydrogens is 468 g/mol. The molecule has 0 radical (unpaired) electrons. The van der Waals surface area contributed by atoms with Gasteiger partial charge in [-0.1, -0.05) is 40.2 Å². The van der Waals surface area contributed by atoms with Gasteiger partial charge in [0.05, 0.1) is 5.69 Å². The van der Waals surface area contributed by atoms with Crippen LogP contribution in [0.15, 0.2) is 24.4 Å². The minimum atomic E-state index is 0.894. The van der Waals surface area contributed by atoms with Crippen molar-refractivity contribution in [2.75, 3.05) is 22.4 Å². The summed E-state index contributed by atoms with van der Waals surface area (Å²) in [6.07, 6.45) is 6.26. The zero-order valence-corrected chi connectivity index (χ0v) is 20.5. The van der Waals surface area contributed by atoms with Crippen molar-refractivity contribution in [3.05, 3.63) is 46.8 Å². The number of aryl methyl sites for hydroxylation is 4. The summed E-state index contributed by atoms with van der Waals surface area (Å²) in [5, 5.41) is 1.32. The SMILES string of the molecule is Bc1cc(C)c(-n2cc(C)c3c(N4CCC(CCI)CC4)cc(C)nc32)c(C)c1. The van der Waals surface area contributed by atoms with Crippen LogP contribution < -0.4 is 10.4 Å². The first-order chi connectivity index (χ1) is 13.9. The molecule has 1 aliphatic heterocycles. The molecule has 3 aromatic rings. The summed E-state index contributed by atoms with van der Waals surface area (Å²) in [5.41, 5.74) is 10.1. The van der Waals surface area contributed by atoms with Crippen LogP contribution in [-0.4, -0.2) is 34.9 Å². The lowest BCUT2D eigenvalue weighted by Crippen LogP contribution is -2.34. The lowest BCUT2D eigenvalue weighted by atomic mass is 9.91. The van der Waals surface area contributed by atoms with Crippen molar-refractivity contribution in [3.8, 4) is 5.69 Å². The van der Waals surface area contributed by atoms with E-state index in [0.717, 1.165) is 30.3 Å². The molecule has 0 spiro atoms. The standard InChI is InChI=1S/C24H31BIN3/c1-15-11-20(25)12-16(2)23(15)29-14-17(3)22-21(13-18(4)27-24(22)29)28-9-6-19(5-8-26)7-10-28/h11-14,19H,5-10,25H2,1-4H3. The molecule has 0 bridgehead atoms. The molecule has 4 rings (SSSR count). The van der Waals surface area contributed by atoms with E-state index in [1.807, 2.05) is 0 Å². The molecule has 5 heteroatoms. The minimum Gasteiger partial charge on any atom is -0.371 e. The number of anilines is 1. The Kier molecular flexibility index (Phi) is 5.96. The molecule has 2 aromatic heterocycles. The fraction of sp³-hybridized carbons (Fsp3) is 0.458. The molecule has 0 saturated carbocycles. The van der Waals surface area contributed by atoms with E-state index in [9.17, 15) is 0 Å². The molecule has 3 nitrogen and oxygen atoms in total. The van der Waals surface area contributed by atoms with Gasteiger partial charge in [0.15, 0.2) is 0 Å². The first-order valence-corrected chi connectivity index (χ1v) is 12.3. The predicted molar refractivity (Wildman–Crippen MR) is 137 cm³/mol. The van der Waals surface area contributed by atoms with Crippen molar-refractivity contribution < 1.29 is 0 Å². The second-order valence-corrected chi connectivity index (χ2v) is 9.90. The average Bonchev–Trinajstić information content (AvgIpc) is 2.97. The van der Waals surface area contributed by atoms with Gasteiger partial charge in [-0.3, -0.25) is 0 Å². The lowest BCUT2D eigenvalue weighted by Gasteiger charge is -2.34. The highest BCUT2D eigenvalue weighted by Gasteiger charge is 2.23. The van der Waals surface area contributed by atoms with Crippen LogP contribution in [0, 0.1) is 33.6 Å². The van der Waals surface area contributed by atoms with Crippen molar-refractivity contribution in [1.82, 2.24) is 9.55 Å². The Morgan fingerprint density at radius 3 is 2.31 bits per heavy atom. The second kappa shape index (κ2) is 8.33. The van der Waals surface area contributed by atoms with E-state index in [2.05, 4.69) is 92.0 Å². The summed E-state index contributed by atoms with van der Waals surface area (Å²) in [6, 6.07) is 6.85. The smallest absolute Gasteiger partial charge is 0.147 e. The van der Waals surface area contributed by atoms with Crippen molar-refractivity contribution in [3.63, 3.8) is 0 Å². The Morgan fingerprint density at radius 2 is 1.69 bits per heavy atom. The molecule has 0 N–H and O–H groups in total. The number of pyridine rings is 1. The van der Waals surface area contributed by atoms with Crippen LogP contribution in [0.2, 0.25) is 0 Å². The van der Waals surface area contributed by atoms with Gasteiger partial charge in [-0.25, -0.2) is 4.98 Å². The fourth-order valence-electron chi connectivity index (χ4n) is 5.10. The van der Waals surface area contributed by atoms with Crippen LogP contribution in [0.3, 0.4) is 0 Å². The highest BCUT2D eigenvalue weighted by Crippen LogP contribution is 2.36. The normalized spacial score (nSPS) is 15.4. The van der Waals surface area contributed by atoms with E-state index >= 15 is 0 Å².